The molecule has 1 aromatic carbocycles. The molecule has 0 fully saturated rings. The molecular weight excluding hydrogens is 258 g/mol. The van der Waals surface area contributed by atoms with Gasteiger partial charge in [-0.3, -0.25) is 9.59 Å². The Morgan fingerprint density at radius 1 is 1.35 bits per heavy atom. The lowest BCUT2D eigenvalue weighted by atomic mass is 9.99. The van der Waals surface area contributed by atoms with E-state index in [4.69, 9.17) is 16.2 Å². The van der Waals surface area contributed by atoms with Gasteiger partial charge in [-0.05, 0) is 32.9 Å². The first-order valence-corrected chi connectivity index (χ1v) is 6.39. The second-order valence-corrected chi connectivity index (χ2v) is 5.14. The van der Waals surface area contributed by atoms with Crippen molar-refractivity contribution >= 4 is 17.5 Å². The summed E-state index contributed by atoms with van der Waals surface area (Å²) in [6.07, 6.45) is 0.0467. The van der Waals surface area contributed by atoms with E-state index in [0.29, 0.717) is 23.6 Å². The molecule has 0 heterocycles. The number of hydrogen-bond donors (Lipinski definition) is 3. The molecule has 0 aliphatic rings. The lowest BCUT2D eigenvalue weighted by Crippen LogP contribution is -2.46. The third-order valence-corrected chi connectivity index (χ3v) is 2.65. The Morgan fingerprint density at radius 3 is 2.55 bits per heavy atom. The minimum atomic E-state index is -0.739. The maximum atomic E-state index is 12.3. The van der Waals surface area contributed by atoms with Crippen molar-refractivity contribution in [3.63, 3.8) is 0 Å². The van der Waals surface area contributed by atoms with E-state index in [-0.39, 0.29) is 12.3 Å². The van der Waals surface area contributed by atoms with Gasteiger partial charge in [0.25, 0.3) is 5.91 Å². The highest BCUT2D eigenvalue weighted by Gasteiger charge is 2.25. The summed E-state index contributed by atoms with van der Waals surface area (Å²) in [5, 5.41) is 2.75. The standard InChI is InChI=1S/C14H21N3O3/c1-4-20-12-9(6-5-7-10(12)15)13(19)17-14(2,3)8-11(16)18/h5-7H,4,8,15H2,1-3H3,(H2,16,18)(H,17,19). The molecule has 0 aliphatic carbocycles. The number of nitrogens with two attached hydrogens (primary N) is 2. The molecule has 0 unspecified atom stereocenters. The number of nitrogen functional groups attached to an aromatic ring is 1. The summed E-state index contributed by atoms with van der Waals surface area (Å²) in [5.74, 6) is -0.484. The Hall–Kier alpha value is -2.24. The van der Waals surface area contributed by atoms with Gasteiger partial charge >= 0.3 is 0 Å². The van der Waals surface area contributed by atoms with E-state index >= 15 is 0 Å². The van der Waals surface area contributed by atoms with Crippen LogP contribution in [0.2, 0.25) is 0 Å². The van der Waals surface area contributed by atoms with Crippen LogP contribution >= 0.6 is 0 Å². The van der Waals surface area contributed by atoms with Gasteiger partial charge in [-0.2, -0.15) is 0 Å². The molecular formula is C14H21N3O3. The van der Waals surface area contributed by atoms with Crippen LogP contribution in [0.25, 0.3) is 0 Å². The van der Waals surface area contributed by atoms with Crippen LogP contribution in [-0.2, 0) is 4.79 Å². The molecule has 0 bridgehead atoms. The number of benzene rings is 1. The van der Waals surface area contributed by atoms with Gasteiger partial charge in [-0.15, -0.1) is 0 Å². The van der Waals surface area contributed by atoms with Gasteiger partial charge in [0.15, 0.2) is 5.75 Å². The molecule has 0 saturated carbocycles. The SMILES string of the molecule is CCOc1c(N)cccc1C(=O)NC(C)(C)CC(N)=O. The Bertz CT molecular complexity index is 512. The van der Waals surface area contributed by atoms with Crippen LogP contribution in [0, 0.1) is 0 Å². The van der Waals surface area contributed by atoms with Crippen molar-refractivity contribution in [1.29, 1.82) is 0 Å². The summed E-state index contributed by atoms with van der Waals surface area (Å²) in [6.45, 7) is 5.66. The maximum absolute atomic E-state index is 12.3. The summed E-state index contributed by atoms with van der Waals surface area (Å²) in [6, 6.07) is 4.96. The number of amides is 2. The van der Waals surface area contributed by atoms with Gasteiger partial charge in [-0.25, -0.2) is 0 Å². The number of hydrogen-bond acceptors (Lipinski definition) is 4. The normalized spacial score (nSPS) is 10.9. The number of anilines is 1. The van der Waals surface area contributed by atoms with Crippen LogP contribution in [-0.4, -0.2) is 24.0 Å². The van der Waals surface area contributed by atoms with Crippen molar-refractivity contribution in [2.45, 2.75) is 32.7 Å². The highest BCUT2D eigenvalue weighted by atomic mass is 16.5. The Labute approximate surface area is 118 Å². The van der Waals surface area contributed by atoms with Crippen molar-refractivity contribution < 1.29 is 14.3 Å². The predicted molar refractivity (Wildman–Crippen MR) is 77.4 cm³/mol. The molecule has 0 saturated heterocycles. The van der Waals surface area contributed by atoms with Gasteiger partial charge in [0.1, 0.15) is 0 Å². The maximum Gasteiger partial charge on any atom is 0.255 e. The summed E-state index contributed by atoms with van der Waals surface area (Å²) in [4.78, 5) is 23.3. The lowest BCUT2D eigenvalue weighted by molar-refractivity contribution is -0.119. The fourth-order valence-corrected chi connectivity index (χ4v) is 1.89. The van der Waals surface area contributed by atoms with Crippen molar-refractivity contribution in [2.75, 3.05) is 12.3 Å². The summed E-state index contributed by atoms with van der Waals surface area (Å²) >= 11 is 0. The van der Waals surface area contributed by atoms with E-state index in [0.717, 1.165) is 0 Å². The van der Waals surface area contributed by atoms with E-state index < -0.39 is 11.4 Å². The molecule has 0 aromatic heterocycles. The van der Waals surface area contributed by atoms with Crippen LogP contribution in [0.4, 0.5) is 5.69 Å². The van der Waals surface area contributed by atoms with Gasteiger partial charge < -0.3 is 21.5 Å². The first kappa shape index (κ1) is 15.8. The zero-order valence-electron chi connectivity index (χ0n) is 12.0. The number of primary amides is 1. The molecule has 20 heavy (non-hydrogen) atoms. The topological polar surface area (TPSA) is 107 Å². The minimum Gasteiger partial charge on any atom is -0.491 e. The molecule has 0 atom stereocenters. The van der Waals surface area contributed by atoms with E-state index in [1.165, 1.54) is 0 Å². The highest BCUT2D eigenvalue weighted by molar-refractivity contribution is 5.99. The number of carbonyl (C=O) groups excluding carboxylic acids is 2. The van der Waals surface area contributed by atoms with Crippen LogP contribution in [0.15, 0.2) is 18.2 Å². The Kier molecular flexibility index (Phi) is 4.96. The molecule has 110 valence electrons. The average molecular weight is 279 g/mol. The number of rotatable bonds is 6. The minimum absolute atomic E-state index is 0.0467. The summed E-state index contributed by atoms with van der Waals surface area (Å²) in [7, 11) is 0. The van der Waals surface area contributed by atoms with Crippen LogP contribution in [0.3, 0.4) is 0 Å². The molecule has 2 amide bonds. The van der Waals surface area contributed by atoms with Crippen molar-refractivity contribution in [2.24, 2.45) is 5.73 Å². The summed E-state index contributed by atoms with van der Waals surface area (Å²) < 4.78 is 5.41. The fraction of sp³-hybridized carbons (Fsp3) is 0.429. The lowest BCUT2D eigenvalue weighted by Gasteiger charge is -2.25. The Balaban J connectivity index is 2.98. The molecule has 0 radical (unpaired) electrons. The van der Waals surface area contributed by atoms with Crippen LogP contribution in [0.1, 0.15) is 37.6 Å². The molecule has 6 nitrogen and oxygen atoms in total. The predicted octanol–water partition coefficient (Wildman–Crippen LogP) is 1.05. The third-order valence-electron chi connectivity index (χ3n) is 2.65. The van der Waals surface area contributed by atoms with Crippen LogP contribution < -0.4 is 21.5 Å². The molecule has 1 rings (SSSR count). The molecule has 5 N–H and O–H groups in total. The van der Waals surface area contributed by atoms with Crippen molar-refractivity contribution in [1.82, 2.24) is 5.32 Å². The zero-order valence-corrected chi connectivity index (χ0v) is 12.0. The van der Waals surface area contributed by atoms with E-state index in [9.17, 15) is 9.59 Å². The highest BCUT2D eigenvalue weighted by Crippen LogP contribution is 2.27. The molecule has 1 aromatic rings. The number of ether oxygens (including phenoxy) is 1. The monoisotopic (exact) mass is 279 g/mol. The third kappa shape index (κ3) is 4.15. The van der Waals surface area contributed by atoms with Crippen molar-refractivity contribution in [3.05, 3.63) is 23.8 Å². The van der Waals surface area contributed by atoms with Crippen LogP contribution in [0.5, 0.6) is 5.75 Å². The van der Waals surface area contributed by atoms with Gasteiger partial charge in [0.2, 0.25) is 5.91 Å². The van der Waals surface area contributed by atoms with Gasteiger partial charge in [0.05, 0.1) is 17.9 Å². The first-order chi connectivity index (χ1) is 9.26. The summed E-state index contributed by atoms with van der Waals surface area (Å²) in [5.41, 5.74) is 11.0. The van der Waals surface area contributed by atoms with Gasteiger partial charge in [0, 0.05) is 12.0 Å². The molecule has 0 aliphatic heterocycles. The smallest absolute Gasteiger partial charge is 0.255 e. The fourth-order valence-electron chi connectivity index (χ4n) is 1.89. The van der Waals surface area contributed by atoms with Crippen molar-refractivity contribution in [3.8, 4) is 5.75 Å². The Morgan fingerprint density at radius 2 is 2.00 bits per heavy atom. The van der Waals surface area contributed by atoms with Gasteiger partial charge in [-0.1, -0.05) is 6.07 Å². The van der Waals surface area contributed by atoms with E-state index in [2.05, 4.69) is 5.32 Å². The van der Waals surface area contributed by atoms with E-state index in [1.54, 1.807) is 32.0 Å². The largest absolute Gasteiger partial charge is 0.491 e. The number of nitrogens with one attached hydrogen (secondary N) is 1. The number of para-hydroxylation sites is 1. The zero-order chi connectivity index (χ0) is 15.3. The van der Waals surface area contributed by atoms with E-state index in [1.807, 2.05) is 6.92 Å². The molecule has 6 heteroatoms. The average Bonchev–Trinajstić information content (AvgIpc) is 2.29. The molecule has 0 spiro atoms. The quantitative estimate of drug-likeness (QED) is 0.676. The first-order valence-electron chi connectivity index (χ1n) is 6.39. The second-order valence-electron chi connectivity index (χ2n) is 5.14. The second kappa shape index (κ2) is 6.27. The number of carbonyl (C=O) groups is 2.